The average Bonchev–Trinajstić information content (AvgIpc) is 2.62. The predicted molar refractivity (Wildman–Crippen MR) is 99.1 cm³/mol. The van der Waals surface area contributed by atoms with Crippen LogP contribution in [-0.2, 0) is 9.53 Å². The number of hydrogen-bond acceptors (Lipinski definition) is 4. The Kier molecular flexibility index (Phi) is 6.06. The molecule has 0 unspecified atom stereocenters. The van der Waals surface area contributed by atoms with Gasteiger partial charge in [0.05, 0.1) is 5.56 Å². The van der Waals surface area contributed by atoms with Gasteiger partial charge in [0.2, 0.25) is 5.91 Å². The Labute approximate surface area is 156 Å². The molecule has 3 rings (SSSR count). The number of anilines is 1. The Balaban J connectivity index is 1.68. The van der Waals surface area contributed by atoms with E-state index in [0.29, 0.717) is 23.8 Å². The molecule has 0 radical (unpaired) electrons. The van der Waals surface area contributed by atoms with Crippen molar-refractivity contribution in [2.45, 2.75) is 29.6 Å². The van der Waals surface area contributed by atoms with Gasteiger partial charge in [0.1, 0.15) is 5.82 Å². The number of Topliss-reactive ketones (excluding diaryl/α,β-unsaturated/α-hetero) is 1. The molecule has 1 N–H and O–H groups in total. The van der Waals surface area contributed by atoms with Crippen molar-refractivity contribution in [3.8, 4) is 0 Å². The number of amides is 1. The average molecular weight is 373 g/mol. The van der Waals surface area contributed by atoms with Crippen LogP contribution in [0.15, 0.2) is 52.3 Å². The van der Waals surface area contributed by atoms with Gasteiger partial charge in [-0.3, -0.25) is 9.59 Å². The van der Waals surface area contributed by atoms with Crippen LogP contribution in [0, 0.1) is 11.7 Å². The molecule has 0 aromatic heterocycles. The van der Waals surface area contributed by atoms with Crippen LogP contribution in [0.25, 0.3) is 0 Å². The fourth-order valence-electron chi connectivity index (χ4n) is 2.82. The highest BCUT2D eigenvalue weighted by Crippen LogP contribution is 2.31. The Bertz CT molecular complexity index is 818. The van der Waals surface area contributed by atoms with Crippen molar-refractivity contribution in [2.24, 2.45) is 5.92 Å². The summed E-state index contributed by atoms with van der Waals surface area (Å²) in [6.07, 6.45) is 1.48. The number of carbonyl (C=O) groups excluding carboxylic acids is 2. The molecule has 0 bridgehead atoms. The van der Waals surface area contributed by atoms with Crippen molar-refractivity contribution in [3.05, 3.63) is 53.8 Å². The second kappa shape index (κ2) is 8.47. The zero-order valence-electron chi connectivity index (χ0n) is 14.5. The van der Waals surface area contributed by atoms with Crippen LogP contribution in [0.5, 0.6) is 0 Å². The highest BCUT2D eigenvalue weighted by molar-refractivity contribution is 7.99. The molecule has 0 spiro atoms. The van der Waals surface area contributed by atoms with E-state index in [1.165, 1.54) is 30.8 Å². The summed E-state index contributed by atoms with van der Waals surface area (Å²) in [5.41, 5.74) is 0.805. The number of carbonyl (C=O) groups is 2. The molecular weight excluding hydrogens is 353 g/mol. The standard InChI is InChI=1S/C20H20FNO3S/c1-13(23)18-6-5-17(12-19(18)21)26-16-4-2-3-15(11-16)22-20(24)14-7-9-25-10-8-14/h2-6,11-12,14H,7-10H2,1H3,(H,22,24). The quantitative estimate of drug-likeness (QED) is 0.782. The smallest absolute Gasteiger partial charge is 0.227 e. The van der Waals surface area contributed by atoms with Crippen LogP contribution < -0.4 is 5.32 Å². The van der Waals surface area contributed by atoms with E-state index in [9.17, 15) is 14.0 Å². The van der Waals surface area contributed by atoms with Crippen molar-refractivity contribution in [3.63, 3.8) is 0 Å². The summed E-state index contributed by atoms with van der Waals surface area (Å²) in [5, 5.41) is 2.95. The van der Waals surface area contributed by atoms with Gasteiger partial charge in [0.25, 0.3) is 0 Å². The van der Waals surface area contributed by atoms with Gasteiger partial charge in [-0.25, -0.2) is 4.39 Å². The molecule has 0 aliphatic carbocycles. The Morgan fingerprint density at radius 3 is 2.54 bits per heavy atom. The Morgan fingerprint density at radius 1 is 1.12 bits per heavy atom. The number of halogens is 1. The molecule has 26 heavy (non-hydrogen) atoms. The zero-order valence-corrected chi connectivity index (χ0v) is 15.3. The summed E-state index contributed by atoms with van der Waals surface area (Å²) in [6, 6.07) is 12.0. The summed E-state index contributed by atoms with van der Waals surface area (Å²) >= 11 is 1.38. The molecule has 2 aromatic rings. The molecule has 4 nitrogen and oxygen atoms in total. The van der Waals surface area contributed by atoms with Crippen molar-refractivity contribution in [2.75, 3.05) is 18.5 Å². The largest absolute Gasteiger partial charge is 0.381 e. The van der Waals surface area contributed by atoms with Gasteiger partial charge in [-0.1, -0.05) is 17.8 Å². The minimum atomic E-state index is -0.522. The van der Waals surface area contributed by atoms with Gasteiger partial charge in [-0.15, -0.1) is 0 Å². The van der Waals surface area contributed by atoms with Crippen LogP contribution in [0.4, 0.5) is 10.1 Å². The zero-order chi connectivity index (χ0) is 18.5. The minimum Gasteiger partial charge on any atom is -0.381 e. The van der Waals surface area contributed by atoms with E-state index in [1.54, 1.807) is 6.07 Å². The number of ketones is 1. The maximum atomic E-state index is 14.0. The minimum absolute atomic E-state index is 0.00676. The second-order valence-electron chi connectivity index (χ2n) is 6.20. The summed E-state index contributed by atoms with van der Waals surface area (Å²) < 4.78 is 19.2. The molecule has 0 atom stereocenters. The molecule has 1 amide bonds. The van der Waals surface area contributed by atoms with Crippen LogP contribution in [-0.4, -0.2) is 24.9 Å². The van der Waals surface area contributed by atoms with Gasteiger partial charge in [0, 0.05) is 34.6 Å². The van der Waals surface area contributed by atoms with Crippen molar-refractivity contribution >= 4 is 29.1 Å². The van der Waals surface area contributed by atoms with Gasteiger partial charge >= 0.3 is 0 Å². The molecule has 0 saturated carbocycles. The second-order valence-corrected chi connectivity index (χ2v) is 7.35. The monoisotopic (exact) mass is 373 g/mol. The number of rotatable bonds is 5. The summed E-state index contributed by atoms with van der Waals surface area (Å²) in [5.74, 6) is -0.830. The maximum absolute atomic E-state index is 14.0. The Morgan fingerprint density at radius 2 is 1.85 bits per heavy atom. The van der Waals surface area contributed by atoms with Crippen molar-refractivity contribution in [1.82, 2.24) is 0 Å². The fourth-order valence-corrected chi connectivity index (χ4v) is 3.73. The van der Waals surface area contributed by atoms with Crippen LogP contribution in [0.1, 0.15) is 30.1 Å². The van der Waals surface area contributed by atoms with E-state index in [4.69, 9.17) is 4.74 Å². The first-order valence-electron chi connectivity index (χ1n) is 8.50. The number of nitrogens with one attached hydrogen (secondary N) is 1. The van der Waals surface area contributed by atoms with E-state index in [0.717, 1.165) is 17.7 Å². The summed E-state index contributed by atoms with van der Waals surface area (Å²) in [7, 11) is 0. The third-order valence-electron chi connectivity index (χ3n) is 4.25. The van der Waals surface area contributed by atoms with Crippen LogP contribution in [0.2, 0.25) is 0 Å². The molecule has 136 valence electrons. The fraction of sp³-hybridized carbons (Fsp3) is 0.300. The first-order valence-corrected chi connectivity index (χ1v) is 9.31. The lowest BCUT2D eigenvalue weighted by molar-refractivity contribution is -0.122. The normalized spacial score (nSPS) is 14.8. The SMILES string of the molecule is CC(=O)c1ccc(Sc2cccc(NC(=O)C3CCOCC3)c2)cc1F. The topological polar surface area (TPSA) is 55.4 Å². The van der Waals surface area contributed by atoms with Crippen LogP contribution in [0.3, 0.4) is 0 Å². The number of benzene rings is 2. The van der Waals surface area contributed by atoms with Crippen molar-refractivity contribution in [1.29, 1.82) is 0 Å². The molecule has 1 aliphatic heterocycles. The highest BCUT2D eigenvalue weighted by Gasteiger charge is 2.21. The lowest BCUT2D eigenvalue weighted by Gasteiger charge is -2.21. The van der Waals surface area contributed by atoms with E-state index in [1.807, 2.05) is 24.3 Å². The lowest BCUT2D eigenvalue weighted by atomic mass is 9.99. The molecular formula is C20H20FNO3S. The molecule has 1 aliphatic rings. The van der Waals surface area contributed by atoms with Gasteiger partial charge < -0.3 is 10.1 Å². The molecule has 1 fully saturated rings. The highest BCUT2D eigenvalue weighted by atomic mass is 32.2. The number of ether oxygens (including phenoxy) is 1. The first kappa shape index (κ1) is 18.6. The summed E-state index contributed by atoms with van der Waals surface area (Å²) in [6.45, 7) is 2.58. The van der Waals surface area contributed by atoms with E-state index < -0.39 is 5.82 Å². The van der Waals surface area contributed by atoms with Crippen LogP contribution >= 0.6 is 11.8 Å². The molecule has 6 heteroatoms. The predicted octanol–water partition coefficient (Wildman–Crippen LogP) is 4.54. The third-order valence-corrected chi connectivity index (χ3v) is 5.23. The maximum Gasteiger partial charge on any atom is 0.227 e. The Hall–Kier alpha value is -2.18. The molecule has 1 saturated heterocycles. The van der Waals surface area contributed by atoms with E-state index in [-0.39, 0.29) is 23.2 Å². The lowest BCUT2D eigenvalue weighted by Crippen LogP contribution is -2.28. The van der Waals surface area contributed by atoms with E-state index in [2.05, 4.69) is 5.32 Å². The van der Waals surface area contributed by atoms with Gasteiger partial charge in [-0.2, -0.15) is 0 Å². The van der Waals surface area contributed by atoms with E-state index >= 15 is 0 Å². The van der Waals surface area contributed by atoms with Gasteiger partial charge in [0.15, 0.2) is 5.78 Å². The number of hydrogen-bond donors (Lipinski definition) is 1. The molecule has 2 aromatic carbocycles. The third kappa shape index (κ3) is 4.71. The van der Waals surface area contributed by atoms with Gasteiger partial charge in [-0.05, 0) is 56.2 Å². The van der Waals surface area contributed by atoms with Crippen molar-refractivity contribution < 1.29 is 18.7 Å². The molecule has 1 heterocycles. The first-order chi connectivity index (χ1) is 12.5. The summed E-state index contributed by atoms with van der Waals surface area (Å²) in [4.78, 5) is 25.2.